The number of halogens is 4. The Labute approximate surface area is 216 Å². The van der Waals surface area contributed by atoms with Gasteiger partial charge in [0.25, 0.3) is 0 Å². The Hall–Kier alpha value is -2.40. The molecule has 2 aromatic carbocycles. The van der Waals surface area contributed by atoms with Gasteiger partial charge in [-0.05, 0) is 12.1 Å². The van der Waals surface area contributed by atoms with Crippen molar-refractivity contribution in [2.45, 2.75) is 0 Å². The predicted octanol–water partition coefficient (Wildman–Crippen LogP) is -9.43. The monoisotopic (exact) mass is 560 g/mol. The van der Waals surface area contributed by atoms with Crippen molar-refractivity contribution in [3.8, 4) is 11.5 Å². The normalized spacial score (nSPS) is 7.48. The number of methoxy groups -OCH3 is 2. The maximum absolute atomic E-state index is 10.7. The van der Waals surface area contributed by atoms with Gasteiger partial charge in [-0.2, -0.15) is 0 Å². The maximum atomic E-state index is 10.7. The van der Waals surface area contributed by atoms with Crippen LogP contribution >= 0.6 is 0 Å². The number of hydrogen-bond acceptors (Lipinski definition) is 6. The van der Waals surface area contributed by atoms with E-state index in [0.717, 1.165) is 0 Å². The summed E-state index contributed by atoms with van der Waals surface area (Å²) in [5.41, 5.74) is 11.2. The van der Waals surface area contributed by atoms with Crippen molar-refractivity contribution in [3.63, 3.8) is 0 Å². The largest absolute Gasteiger partial charge is 2.00 e. The molecular weight excluding hydrogens is 547 g/mol. The first-order valence-corrected chi connectivity index (χ1v) is 7.03. The van der Waals surface area contributed by atoms with Gasteiger partial charge in [0.2, 0.25) is 34.1 Å². The van der Waals surface area contributed by atoms with Crippen molar-refractivity contribution in [1.82, 2.24) is 0 Å². The van der Waals surface area contributed by atoms with Crippen LogP contribution in [0.1, 0.15) is 20.7 Å². The van der Waals surface area contributed by atoms with Crippen LogP contribution < -0.4 is 70.6 Å². The van der Waals surface area contributed by atoms with Gasteiger partial charge in [-0.3, -0.25) is 9.59 Å². The molecule has 0 bridgehead atoms. The summed E-state index contributed by atoms with van der Waals surface area (Å²) in [4.78, 5) is 27.4. The summed E-state index contributed by atoms with van der Waals surface area (Å²) in [6.07, 6.45) is 0. The van der Waals surface area contributed by atoms with Crippen LogP contribution in [-0.4, -0.2) is 26.0 Å². The van der Waals surface area contributed by atoms with E-state index in [9.17, 15) is 9.59 Å². The number of rotatable bonds is 4. The van der Waals surface area contributed by atoms with E-state index in [1.54, 1.807) is 0 Å². The molecule has 0 spiro atoms. The van der Waals surface area contributed by atoms with Gasteiger partial charge in [-0.1, -0.05) is 0 Å². The summed E-state index contributed by atoms with van der Waals surface area (Å²) in [7, 11) is 2.82. The van der Waals surface area contributed by atoms with Gasteiger partial charge in [-0.15, -0.1) is 0 Å². The van der Waals surface area contributed by atoms with Gasteiger partial charge >= 0.3 is 30.9 Å². The van der Waals surface area contributed by atoms with E-state index in [-0.39, 0.29) is 80.5 Å². The van der Waals surface area contributed by atoms with Crippen LogP contribution in [0.4, 0.5) is 11.4 Å². The molecule has 0 aliphatic rings. The summed E-state index contributed by atoms with van der Waals surface area (Å²) in [5, 5.41) is 17.0. The van der Waals surface area contributed by atoms with Crippen LogP contribution in [-0.2, 0) is 19.5 Å². The summed E-state index contributed by atoms with van der Waals surface area (Å²) in [6.45, 7) is 0. The predicted molar refractivity (Wildman–Crippen MR) is 92.5 cm³/mol. The fourth-order valence-electron chi connectivity index (χ4n) is 1.83. The maximum Gasteiger partial charge on any atom is 2.00 e. The summed E-state index contributed by atoms with van der Waals surface area (Å²) < 4.78 is 9.73. The van der Waals surface area contributed by atoms with E-state index in [0.29, 0.717) is 22.6 Å². The van der Waals surface area contributed by atoms with Gasteiger partial charge in [-0.25, -0.2) is 0 Å². The zero-order valence-corrected chi connectivity index (χ0v) is 22.3. The number of diazo groups is 2. The molecule has 0 atom stereocenters. The molecule has 31 heavy (non-hydrogen) atoms. The molecule has 2 aromatic rings. The van der Waals surface area contributed by atoms with Crippen LogP contribution in [0.3, 0.4) is 0 Å². The second kappa shape index (κ2) is 19.6. The van der Waals surface area contributed by atoms with Crippen molar-refractivity contribution in [3.05, 3.63) is 57.5 Å². The second-order valence-electron chi connectivity index (χ2n) is 4.70. The number of carbonyl (C=O) groups is 2. The SMILES string of the molecule is COc1cc(C(N)=O)ccc1[N+]#N.COc1cc(C(N)=O)ccc1[N+]#N.[Cl-].[Cl-].[Cl-].[Cl-].[Zn+2]. The zero-order valence-electron chi connectivity index (χ0n) is 16.3. The molecule has 0 aliphatic carbocycles. The first-order chi connectivity index (χ1) is 12.4. The van der Waals surface area contributed by atoms with Gasteiger partial charge in [0.15, 0.2) is 9.95 Å². The molecular formula is C16H16Cl4N6O4Zn. The third-order valence-electron chi connectivity index (χ3n) is 3.14. The van der Waals surface area contributed by atoms with Crippen LogP contribution in [0.25, 0.3) is 9.95 Å². The molecule has 0 fully saturated rings. The minimum atomic E-state index is -0.553. The Morgan fingerprint density at radius 3 is 1.23 bits per heavy atom. The Morgan fingerprint density at radius 1 is 0.742 bits per heavy atom. The van der Waals surface area contributed by atoms with Crippen LogP contribution in [0, 0.1) is 10.8 Å². The minimum absolute atomic E-state index is 0. The van der Waals surface area contributed by atoms with E-state index < -0.39 is 11.8 Å². The van der Waals surface area contributed by atoms with Gasteiger partial charge in [0, 0.05) is 35.4 Å². The number of hydrogen-bond donors (Lipinski definition) is 2. The average Bonchev–Trinajstić information content (AvgIpc) is 2.66. The van der Waals surface area contributed by atoms with Crippen LogP contribution in [0.15, 0.2) is 36.4 Å². The quantitative estimate of drug-likeness (QED) is 0.278. The fraction of sp³-hybridized carbons (Fsp3) is 0.125. The third kappa shape index (κ3) is 11.5. The molecule has 0 aliphatic heterocycles. The van der Waals surface area contributed by atoms with Crippen molar-refractivity contribution >= 4 is 23.2 Å². The summed E-state index contributed by atoms with van der Waals surface area (Å²) in [5.74, 6) is -0.497. The number of amides is 2. The molecule has 4 N–H and O–H groups in total. The molecule has 0 heterocycles. The number of nitrogens with two attached hydrogens (primary N) is 2. The summed E-state index contributed by atoms with van der Waals surface area (Å²) in [6, 6.07) is 8.63. The van der Waals surface area contributed by atoms with E-state index in [1.165, 1.54) is 50.6 Å². The zero-order chi connectivity index (χ0) is 19.7. The van der Waals surface area contributed by atoms with E-state index in [1.807, 2.05) is 0 Å². The molecule has 0 radical (unpaired) electrons. The Kier molecular flexibility index (Phi) is 24.7. The van der Waals surface area contributed by atoms with Crippen molar-refractivity contribution in [2.75, 3.05) is 14.2 Å². The second-order valence-corrected chi connectivity index (χ2v) is 4.70. The third-order valence-corrected chi connectivity index (χ3v) is 3.14. The fourth-order valence-corrected chi connectivity index (χ4v) is 1.83. The topological polar surface area (TPSA) is 161 Å². The molecule has 0 unspecified atom stereocenters. The minimum Gasteiger partial charge on any atom is -1.00 e. The Balaban J connectivity index is -0.000000125. The van der Waals surface area contributed by atoms with Gasteiger partial charge in [0.1, 0.15) is 0 Å². The van der Waals surface area contributed by atoms with Gasteiger partial charge < -0.3 is 70.6 Å². The van der Waals surface area contributed by atoms with Gasteiger partial charge in [0.05, 0.1) is 14.2 Å². The van der Waals surface area contributed by atoms with Crippen molar-refractivity contribution in [2.24, 2.45) is 11.5 Å². The smallest absolute Gasteiger partial charge is 1.00 e. The Morgan fingerprint density at radius 2 is 1.03 bits per heavy atom. The molecule has 10 nitrogen and oxygen atoms in total. The molecule has 164 valence electrons. The summed E-state index contributed by atoms with van der Waals surface area (Å²) >= 11 is 0. The molecule has 0 saturated carbocycles. The molecule has 15 heteroatoms. The molecule has 0 saturated heterocycles. The standard InChI is InChI=1S/2C8H7N3O2.4ClH.Zn/c2*1-13-7-4-5(8(9)12)2-3-6(7)11-10;;;;;/h2*2-4H,1H3,(H-,9,12);4*1H;/q;;;;;;+2/p-2. The number of carbonyl (C=O) groups excluding carboxylic acids is 2. The number of benzene rings is 2. The Bertz CT molecular complexity index is 862. The van der Waals surface area contributed by atoms with E-state index in [4.69, 9.17) is 31.7 Å². The first-order valence-electron chi connectivity index (χ1n) is 7.03. The number of primary amides is 2. The average molecular weight is 564 g/mol. The number of nitrogens with zero attached hydrogens (tertiary/aromatic N) is 4. The molecule has 2 rings (SSSR count). The van der Waals surface area contributed by atoms with Crippen molar-refractivity contribution in [1.29, 1.82) is 10.8 Å². The van der Waals surface area contributed by atoms with Crippen LogP contribution in [0.5, 0.6) is 11.5 Å². The van der Waals surface area contributed by atoms with Crippen molar-refractivity contribution < 1.29 is 88.2 Å². The van der Waals surface area contributed by atoms with E-state index in [2.05, 4.69) is 9.95 Å². The van der Waals surface area contributed by atoms with E-state index >= 15 is 0 Å². The van der Waals surface area contributed by atoms with Crippen LogP contribution in [0.2, 0.25) is 0 Å². The first kappa shape index (κ1) is 39.1. The number of ether oxygens (including phenoxy) is 2. The molecule has 2 amide bonds. The molecule has 0 aromatic heterocycles.